The van der Waals surface area contributed by atoms with Crippen LogP contribution in [0.4, 0.5) is 0 Å². The monoisotopic (exact) mass is 271 g/mol. The molecule has 20 heavy (non-hydrogen) atoms. The van der Waals surface area contributed by atoms with E-state index in [4.69, 9.17) is 0 Å². The molecule has 0 saturated carbocycles. The van der Waals surface area contributed by atoms with Crippen molar-refractivity contribution < 1.29 is 4.79 Å². The van der Waals surface area contributed by atoms with Gasteiger partial charge in [-0.05, 0) is 26.3 Å². The van der Waals surface area contributed by atoms with E-state index in [2.05, 4.69) is 14.9 Å². The zero-order valence-corrected chi connectivity index (χ0v) is 12.3. The van der Waals surface area contributed by atoms with Gasteiger partial charge in [-0.1, -0.05) is 30.3 Å². The largest absolute Gasteiger partial charge is 0.354 e. The fourth-order valence-electron chi connectivity index (χ4n) is 2.26. The molecular formula is C16H21N3O. The number of carbonyl (C=O) groups excluding carboxylic acids is 1. The third-order valence-electron chi connectivity index (χ3n) is 3.58. The van der Waals surface area contributed by atoms with E-state index in [0.29, 0.717) is 6.54 Å². The van der Waals surface area contributed by atoms with Crippen LogP contribution < -0.4 is 5.32 Å². The quantitative estimate of drug-likeness (QED) is 0.908. The molecule has 106 valence electrons. The predicted octanol–water partition coefficient (Wildman–Crippen LogP) is 2.42. The van der Waals surface area contributed by atoms with Crippen molar-refractivity contribution in [3.63, 3.8) is 0 Å². The van der Waals surface area contributed by atoms with Crippen molar-refractivity contribution >= 4 is 5.91 Å². The zero-order valence-electron chi connectivity index (χ0n) is 12.3. The Balaban J connectivity index is 1.87. The summed E-state index contributed by atoms with van der Waals surface area (Å²) < 4.78 is 2.10. The molecule has 1 heterocycles. The van der Waals surface area contributed by atoms with Crippen LogP contribution in [0, 0.1) is 13.8 Å². The van der Waals surface area contributed by atoms with Crippen LogP contribution in [0.25, 0.3) is 0 Å². The predicted molar refractivity (Wildman–Crippen MR) is 79.6 cm³/mol. The fraction of sp³-hybridized carbons (Fsp3) is 0.375. The molecule has 0 spiro atoms. The second-order valence-electron chi connectivity index (χ2n) is 5.02. The van der Waals surface area contributed by atoms with E-state index in [0.717, 1.165) is 23.6 Å². The average Bonchev–Trinajstić information content (AvgIpc) is 2.79. The molecule has 0 saturated heterocycles. The fourth-order valence-corrected chi connectivity index (χ4v) is 2.26. The van der Waals surface area contributed by atoms with Gasteiger partial charge < -0.3 is 9.88 Å². The van der Waals surface area contributed by atoms with Crippen molar-refractivity contribution in [3.05, 3.63) is 53.6 Å². The second-order valence-corrected chi connectivity index (χ2v) is 5.02. The van der Waals surface area contributed by atoms with Crippen LogP contribution in [0.15, 0.2) is 36.5 Å². The minimum atomic E-state index is -0.124. The number of aromatic nitrogens is 2. The molecule has 0 fully saturated rings. The number of nitrogens with one attached hydrogen (secondary N) is 1. The summed E-state index contributed by atoms with van der Waals surface area (Å²) in [6.45, 7) is 7.30. The van der Waals surface area contributed by atoms with Crippen molar-refractivity contribution in [1.82, 2.24) is 14.9 Å². The van der Waals surface area contributed by atoms with E-state index in [-0.39, 0.29) is 11.8 Å². The lowest BCUT2D eigenvalue weighted by Gasteiger charge is -2.13. The summed E-state index contributed by atoms with van der Waals surface area (Å²) in [4.78, 5) is 16.4. The van der Waals surface area contributed by atoms with E-state index >= 15 is 0 Å². The molecule has 1 aromatic carbocycles. The van der Waals surface area contributed by atoms with Crippen LogP contribution in [-0.2, 0) is 11.3 Å². The van der Waals surface area contributed by atoms with Crippen LogP contribution in [0.5, 0.6) is 0 Å². The third kappa shape index (κ3) is 3.26. The summed E-state index contributed by atoms with van der Waals surface area (Å²) in [5, 5.41) is 2.99. The number of rotatable bonds is 5. The Morgan fingerprint density at radius 1 is 1.30 bits per heavy atom. The number of benzene rings is 1. The number of nitrogens with zero attached hydrogens (tertiary/aromatic N) is 2. The minimum absolute atomic E-state index is 0.0617. The first kappa shape index (κ1) is 14.3. The third-order valence-corrected chi connectivity index (χ3v) is 3.58. The minimum Gasteiger partial charge on any atom is -0.354 e. The highest BCUT2D eigenvalue weighted by Gasteiger charge is 2.14. The van der Waals surface area contributed by atoms with Gasteiger partial charge in [-0.3, -0.25) is 4.79 Å². The molecule has 0 aliphatic carbocycles. The Morgan fingerprint density at radius 3 is 2.60 bits per heavy atom. The van der Waals surface area contributed by atoms with Crippen LogP contribution in [0.3, 0.4) is 0 Å². The molecule has 1 N–H and O–H groups in total. The molecule has 1 aromatic heterocycles. The summed E-state index contributed by atoms with van der Waals surface area (Å²) in [7, 11) is 0. The Kier molecular flexibility index (Phi) is 4.56. The van der Waals surface area contributed by atoms with Crippen molar-refractivity contribution in [2.24, 2.45) is 0 Å². The lowest BCUT2D eigenvalue weighted by molar-refractivity contribution is -0.122. The maximum Gasteiger partial charge on any atom is 0.227 e. The molecule has 0 radical (unpaired) electrons. The summed E-state index contributed by atoms with van der Waals surface area (Å²) in [5.41, 5.74) is 2.16. The first-order valence-corrected chi connectivity index (χ1v) is 6.91. The van der Waals surface area contributed by atoms with Crippen LogP contribution in [0.1, 0.15) is 29.9 Å². The van der Waals surface area contributed by atoms with Gasteiger partial charge in [0.05, 0.1) is 5.92 Å². The van der Waals surface area contributed by atoms with Gasteiger partial charge >= 0.3 is 0 Å². The zero-order chi connectivity index (χ0) is 14.5. The molecule has 0 aliphatic heterocycles. The number of amides is 1. The molecule has 2 aromatic rings. The lowest BCUT2D eigenvalue weighted by atomic mass is 10.0. The van der Waals surface area contributed by atoms with Crippen molar-refractivity contribution in [2.75, 3.05) is 6.54 Å². The topological polar surface area (TPSA) is 46.9 Å². The number of imidazole rings is 1. The summed E-state index contributed by atoms with van der Waals surface area (Å²) in [5.74, 6) is 0.917. The van der Waals surface area contributed by atoms with Crippen LogP contribution in [-0.4, -0.2) is 22.0 Å². The first-order chi connectivity index (χ1) is 9.59. The van der Waals surface area contributed by atoms with Gasteiger partial charge in [-0.2, -0.15) is 0 Å². The smallest absolute Gasteiger partial charge is 0.227 e. The number of aryl methyl sites for hydroxylation is 2. The number of hydrogen-bond acceptors (Lipinski definition) is 2. The molecular weight excluding hydrogens is 250 g/mol. The van der Waals surface area contributed by atoms with Crippen LogP contribution >= 0.6 is 0 Å². The number of carbonyl (C=O) groups is 1. The maximum absolute atomic E-state index is 12.1. The maximum atomic E-state index is 12.1. The first-order valence-electron chi connectivity index (χ1n) is 6.91. The Hall–Kier alpha value is -2.10. The highest BCUT2D eigenvalue weighted by atomic mass is 16.1. The molecule has 1 atom stereocenters. The normalized spacial score (nSPS) is 12.2. The summed E-state index contributed by atoms with van der Waals surface area (Å²) in [6, 6.07) is 9.83. The van der Waals surface area contributed by atoms with E-state index in [1.807, 2.05) is 57.3 Å². The number of hydrogen-bond donors (Lipinski definition) is 1. The van der Waals surface area contributed by atoms with Crippen LogP contribution in [0.2, 0.25) is 0 Å². The van der Waals surface area contributed by atoms with Gasteiger partial charge in [0.25, 0.3) is 0 Å². The molecule has 0 bridgehead atoms. The molecule has 4 heteroatoms. The van der Waals surface area contributed by atoms with Crippen molar-refractivity contribution in [2.45, 2.75) is 33.2 Å². The highest BCUT2D eigenvalue weighted by molar-refractivity contribution is 5.83. The SMILES string of the molecule is Cc1cnc(C)n1CCNC(=O)C(C)c1ccccc1. The second kappa shape index (κ2) is 6.37. The van der Waals surface area contributed by atoms with Gasteiger partial charge in [0, 0.05) is 25.0 Å². The van der Waals surface area contributed by atoms with E-state index < -0.39 is 0 Å². The lowest BCUT2D eigenvalue weighted by Crippen LogP contribution is -2.31. The molecule has 0 aliphatic rings. The molecule has 1 amide bonds. The standard InChI is InChI=1S/C16H21N3O/c1-12-11-18-14(3)19(12)10-9-17-16(20)13(2)15-7-5-4-6-8-15/h4-8,11,13H,9-10H2,1-3H3,(H,17,20). The van der Waals surface area contributed by atoms with E-state index in [1.165, 1.54) is 0 Å². The molecule has 4 nitrogen and oxygen atoms in total. The highest BCUT2D eigenvalue weighted by Crippen LogP contribution is 2.14. The van der Waals surface area contributed by atoms with Gasteiger partial charge in [0.15, 0.2) is 0 Å². The summed E-state index contributed by atoms with van der Waals surface area (Å²) >= 11 is 0. The van der Waals surface area contributed by atoms with Gasteiger partial charge in [0.1, 0.15) is 5.82 Å². The van der Waals surface area contributed by atoms with E-state index in [9.17, 15) is 4.79 Å². The van der Waals surface area contributed by atoms with Gasteiger partial charge in [-0.15, -0.1) is 0 Å². The van der Waals surface area contributed by atoms with E-state index in [1.54, 1.807) is 0 Å². The van der Waals surface area contributed by atoms with Crippen molar-refractivity contribution in [1.29, 1.82) is 0 Å². The van der Waals surface area contributed by atoms with Gasteiger partial charge in [-0.25, -0.2) is 4.98 Å². The summed E-state index contributed by atoms with van der Waals surface area (Å²) in [6.07, 6.45) is 1.85. The Morgan fingerprint density at radius 2 is 2.00 bits per heavy atom. The van der Waals surface area contributed by atoms with Crippen molar-refractivity contribution in [3.8, 4) is 0 Å². The Labute approximate surface area is 119 Å². The Bertz CT molecular complexity index is 555. The van der Waals surface area contributed by atoms with Gasteiger partial charge in [0.2, 0.25) is 5.91 Å². The molecule has 1 unspecified atom stereocenters. The average molecular weight is 271 g/mol. The molecule has 2 rings (SSSR count).